The standard InChI is InChI=1S/C10H14FN3O4/c1-4-7(15)8(16)6(18-4)3-14-2-5(11)9(12)13-10(14)17/h2,4,6-8,15-16H,3H2,1H3,(H2,12,13,17)/t4-,6+,7-,8+/m1/s1. The highest BCUT2D eigenvalue weighted by molar-refractivity contribution is 5.26. The fraction of sp³-hybridized carbons (Fsp3) is 0.600. The predicted molar refractivity (Wildman–Crippen MR) is 59.2 cm³/mol. The quantitative estimate of drug-likeness (QED) is 0.594. The monoisotopic (exact) mass is 259 g/mol. The highest BCUT2D eigenvalue weighted by Gasteiger charge is 2.40. The first-order chi connectivity index (χ1) is 8.40. The maximum absolute atomic E-state index is 13.2. The van der Waals surface area contributed by atoms with Crippen LogP contribution in [0.1, 0.15) is 6.92 Å². The van der Waals surface area contributed by atoms with E-state index in [1.807, 2.05) is 0 Å². The Labute approximate surface area is 102 Å². The summed E-state index contributed by atoms with van der Waals surface area (Å²) >= 11 is 0. The van der Waals surface area contributed by atoms with Crippen molar-refractivity contribution in [2.45, 2.75) is 37.9 Å². The summed E-state index contributed by atoms with van der Waals surface area (Å²) in [6.45, 7) is 1.49. The number of halogens is 1. The van der Waals surface area contributed by atoms with Gasteiger partial charge in [0, 0.05) is 6.20 Å². The topological polar surface area (TPSA) is 111 Å². The van der Waals surface area contributed by atoms with Crippen molar-refractivity contribution in [3.05, 3.63) is 22.5 Å². The van der Waals surface area contributed by atoms with Crippen LogP contribution in [-0.4, -0.2) is 44.2 Å². The molecular weight excluding hydrogens is 245 g/mol. The lowest BCUT2D eigenvalue weighted by atomic mass is 10.1. The number of rotatable bonds is 2. The molecule has 8 heteroatoms. The zero-order chi connectivity index (χ0) is 13.4. The van der Waals surface area contributed by atoms with Crippen LogP contribution in [0.4, 0.5) is 10.2 Å². The van der Waals surface area contributed by atoms with E-state index < -0.39 is 41.7 Å². The molecule has 1 aromatic heterocycles. The zero-order valence-electron chi connectivity index (χ0n) is 9.65. The van der Waals surface area contributed by atoms with Gasteiger partial charge in [0.05, 0.1) is 12.6 Å². The number of aromatic nitrogens is 2. The summed E-state index contributed by atoms with van der Waals surface area (Å²) < 4.78 is 19.4. The number of hydrogen-bond donors (Lipinski definition) is 3. The average Bonchev–Trinajstić information content (AvgIpc) is 2.54. The van der Waals surface area contributed by atoms with Crippen molar-refractivity contribution >= 4 is 5.82 Å². The molecule has 0 aromatic carbocycles. The van der Waals surface area contributed by atoms with Gasteiger partial charge in [-0.25, -0.2) is 9.18 Å². The van der Waals surface area contributed by atoms with Gasteiger partial charge in [0.2, 0.25) is 0 Å². The van der Waals surface area contributed by atoms with Gasteiger partial charge >= 0.3 is 5.69 Å². The Bertz CT molecular complexity index is 506. The number of nitrogen functional groups attached to an aromatic ring is 1. The first kappa shape index (κ1) is 12.9. The molecule has 4 N–H and O–H groups in total. The van der Waals surface area contributed by atoms with Gasteiger partial charge in [-0.05, 0) is 6.92 Å². The molecule has 1 saturated heterocycles. The molecule has 1 aromatic rings. The van der Waals surface area contributed by atoms with Gasteiger partial charge < -0.3 is 20.7 Å². The third kappa shape index (κ3) is 2.22. The lowest BCUT2D eigenvalue weighted by Gasteiger charge is -2.15. The fourth-order valence-electron chi connectivity index (χ4n) is 1.89. The zero-order valence-corrected chi connectivity index (χ0v) is 9.65. The number of hydrogen-bond acceptors (Lipinski definition) is 6. The van der Waals surface area contributed by atoms with Gasteiger partial charge in [0.25, 0.3) is 0 Å². The van der Waals surface area contributed by atoms with E-state index in [4.69, 9.17) is 10.5 Å². The molecule has 0 saturated carbocycles. The van der Waals surface area contributed by atoms with Crippen LogP contribution in [0.5, 0.6) is 0 Å². The van der Waals surface area contributed by atoms with Gasteiger partial charge in [-0.15, -0.1) is 0 Å². The molecule has 0 aliphatic carbocycles. The van der Waals surface area contributed by atoms with E-state index in [1.54, 1.807) is 6.92 Å². The minimum atomic E-state index is -1.13. The van der Waals surface area contributed by atoms with E-state index in [1.165, 1.54) is 0 Å². The van der Waals surface area contributed by atoms with E-state index in [0.717, 1.165) is 10.8 Å². The van der Waals surface area contributed by atoms with Crippen LogP contribution >= 0.6 is 0 Å². The van der Waals surface area contributed by atoms with Crippen LogP contribution < -0.4 is 11.4 Å². The largest absolute Gasteiger partial charge is 0.388 e. The molecule has 0 bridgehead atoms. The van der Waals surface area contributed by atoms with Crippen molar-refractivity contribution in [2.24, 2.45) is 0 Å². The Balaban J connectivity index is 2.20. The minimum Gasteiger partial charge on any atom is -0.388 e. The molecule has 1 fully saturated rings. The molecule has 18 heavy (non-hydrogen) atoms. The second kappa shape index (κ2) is 4.63. The molecule has 1 aliphatic rings. The van der Waals surface area contributed by atoms with Crippen molar-refractivity contribution < 1.29 is 19.3 Å². The number of aliphatic hydroxyl groups excluding tert-OH is 2. The molecule has 0 spiro atoms. The number of ether oxygens (including phenoxy) is 1. The van der Waals surface area contributed by atoms with E-state index in [-0.39, 0.29) is 6.54 Å². The van der Waals surface area contributed by atoms with Crippen LogP contribution in [-0.2, 0) is 11.3 Å². The van der Waals surface area contributed by atoms with E-state index in [0.29, 0.717) is 0 Å². The van der Waals surface area contributed by atoms with Crippen molar-refractivity contribution in [1.29, 1.82) is 0 Å². The summed E-state index contributed by atoms with van der Waals surface area (Å²) in [5.74, 6) is -1.30. The Morgan fingerprint density at radius 1 is 1.56 bits per heavy atom. The summed E-state index contributed by atoms with van der Waals surface area (Å²) in [4.78, 5) is 14.7. The van der Waals surface area contributed by atoms with Crippen LogP contribution in [0.15, 0.2) is 11.0 Å². The molecular formula is C10H14FN3O4. The van der Waals surface area contributed by atoms with Crippen LogP contribution in [0.25, 0.3) is 0 Å². The molecule has 2 heterocycles. The Morgan fingerprint density at radius 3 is 2.78 bits per heavy atom. The van der Waals surface area contributed by atoms with Gasteiger partial charge in [0.15, 0.2) is 11.6 Å². The minimum absolute atomic E-state index is 0.106. The molecule has 100 valence electrons. The van der Waals surface area contributed by atoms with Gasteiger partial charge in [0.1, 0.15) is 18.3 Å². The summed E-state index contributed by atoms with van der Waals surface area (Å²) in [6, 6.07) is 0. The summed E-state index contributed by atoms with van der Waals surface area (Å²) in [5.41, 5.74) is 4.41. The highest BCUT2D eigenvalue weighted by Crippen LogP contribution is 2.21. The predicted octanol–water partition coefficient (Wildman–Crippen LogP) is -1.53. The number of anilines is 1. The number of aliphatic hydroxyl groups is 2. The summed E-state index contributed by atoms with van der Waals surface area (Å²) in [7, 11) is 0. The maximum atomic E-state index is 13.2. The summed E-state index contributed by atoms with van der Waals surface area (Å²) in [5, 5.41) is 19.2. The maximum Gasteiger partial charge on any atom is 0.349 e. The first-order valence-corrected chi connectivity index (χ1v) is 5.44. The number of nitrogens with zero attached hydrogens (tertiary/aromatic N) is 2. The van der Waals surface area contributed by atoms with E-state index in [9.17, 15) is 19.4 Å². The Kier molecular flexibility index (Phi) is 3.33. The lowest BCUT2D eigenvalue weighted by Crippen LogP contribution is -2.37. The van der Waals surface area contributed by atoms with E-state index >= 15 is 0 Å². The van der Waals surface area contributed by atoms with Gasteiger partial charge in [-0.1, -0.05) is 0 Å². The Morgan fingerprint density at radius 2 is 2.22 bits per heavy atom. The molecule has 1 aliphatic heterocycles. The summed E-state index contributed by atoms with van der Waals surface area (Å²) in [6.07, 6.45) is -2.61. The van der Waals surface area contributed by atoms with E-state index in [2.05, 4.69) is 4.98 Å². The normalized spacial score (nSPS) is 31.8. The SMILES string of the molecule is C[C@H]1O[C@@H](Cn2cc(F)c(N)nc2=O)[C@H](O)[C@@H]1O. The van der Waals surface area contributed by atoms with Crippen LogP contribution in [0.3, 0.4) is 0 Å². The molecule has 4 atom stereocenters. The van der Waals surface area contributed by atoms with Crippen molar-refractivity contribution in [2.75, 3.05) is 5.73 Å². The molecule has 0 amide bonds. The van der Waals surface area contributed by atoms with Crippen molar-refractivity contribution in [3.8, 4) is 0 Å². The third-order valence-corrected chi connectivity index (χ3v) is 2.95. The number of nitrogens with two attached hydrogens (primary N) is 1. The average molecular weight is 259 g/mol. The van der Waals surface area contributed by atoms with Gasteiger partial charge in [-0.3, -0.25) is 4.57 Å². The van der Waals surface area contributed by atoms with Crippen molar-refractivity contribution in [3.63, 3.8) is 0 Å². The van der Waals surface area contributed by atoms with Crippen LogP contribution in [0, 0.1) is 5.82 Å². The molecule has 0 radical (unpaired) electrons. The first-order valence-electron chi connectivity index (χ1n) is 5.44. The van der Waals surface area contributed by atoms with Gasteiger partial charge in [-0.2, -0.15) is 4.98 Å². The van der Waals surface area contributed by atoms with Crippen molar-refractivity contribution in [1.82, 2.24) is 9.55 Å². The highest BCUT2D eigenvalue weighted by atomic mass is 19.1. The third-order valence-electron chi connectivity index (χ3n) is 2.95. The van der Waals surface area contributed by atoms with Crippen LogP contribution in [0.2, 0.25) is 0 Å². The molecule has 2 rings (SSSR count). The second-order valence-electron chi connectivity index (χ2n) is 4.27. The fourth-order valence-corrected chi connectivity index (χ4v) is 1.89. The lowest BCUT2D eigenvalue weighted by molar-refractivity contribution is 0.00521. The molecule has 0 unspecified atom stereocenters. The molecule has 7 nitrogen and oxygen atoms in total. The second-order valence-corrected chi connectivity index (χ2v) is 4.27. The smallest absolute Gasteiger partial charge is 0.349 e. The Hall–Kier alpha value is -1.51.